The zero-order valence-electron chi connectivity index (χ0n) is 52.3. The van der Waals surface area contributed by atoms with Crippen LogP contribution in [0.15, 0.2) is 34.9 Å². The van der Waals surface area contributed by atoms with Crippen molar-refractivity contribution in [3.05, 3.63) is 34.9 Å². The lowest BCUT2D eigenvalue weighted by atomic mass is 9.32. The number of carbonyl (C=O) groups excluding carboxylic acids is 3. The predicted molar refractivity (Wildman–Crippen MR) is 304 cm³/mol. The number of fused-ring (bicyclic) bond motifs is 7. The third kappa shape index (κ3) is 11.6. The monoisotopic (exact) mass is 1220 g/mol. The van der Waals surface area contributed by atoms with E-state index in [9.17, 15) is 70.6 Å². The van der Waals surface area contributed by atoms with Gasteiger partial charge in [0.1, 0.15) is 67.1 Å². The molecule has 0 amide bonds. The van der Waals surface area contributed by atoms with Crippen molar-refractivity contribution in [2.75, 3.05) is 26.9 Å². The average Bonchev–Trinajstić information content (AvgIpc) is 0.738. The standard InChI is InChI=1S/C63H100O23/c1-14-31(5)53(76)86-52-51(82-39(67)24-30(4)17-15-16-29(2)3)58(6,7)25-33-32-18-19-37-60(10)22-21-38(59(8,9)36(60)20-23-61(37,11)62(32,12)49(74)50(75)63(33,52)28-66)81-57-48(85-56-44(72)42(70)40(68)34(26-64)79-56)46(45(73)47(84-57)54(77)78-13)83-55-43(71)41(69)35(27-65)80-55/h16,18,24,31,33-38,40-52,55-57,64-66,68-75H,14-15,17,19-23,25-28H2,1-13H3. The summed E-state index contributed by atoms with van der Waals surface area (Å²) in [7, 11) is 1.07. The van der Waals surface area contributed by atoms with Gasteiger partial charge in [0.2, 0.25) is 0 Å². The Balaban J connectivity index is 1.13. The maximum Gasteiger partial charge on any atom is 0.337 e. The summed E-state index contributed by atoms with van der Waals surface area (Å²) in [5, 5.41) is 125. The Bertz CT molecular complexity index is 2510. The summed E-state index contributed by atoms with van der Waals surface area (Å²) in [4.78, 5) is 41.6. The van der Waals surface area contributed by atoms with Crippen LogP contribution in [0.3, 0.4) is 0 Å². The second-order valence-corrected chi connectivity index (χ2v) is 28.4. The highest BCUT2D eigenvalue weighted by Crippen LogP contribution is 2.76. The van der Waals surface area contributed by atoms with E-state index in [2.05, 4.69) is 39.8 Å². The number of methoxy groups -OCH3 is 1. The molecule has 8 aliphatic rings. The number of carbonyl (C=O) groups is 3. The molecule has 0 aromatic rings. The van der Waals surface area contributed by atoms with Gasteiger partial charge >= 0.3 is 17.9 Å². The molecule has 0 bridgehead atoms. The fraction of sp³-hybridized carbons (Fsp3) is 0.857. The molecule has 490 valence electrons. The number of allylic oxidation sites excluding steroid dienone is 4. The summed E-state index contributed by atoms with van der Waals surface area (Å²) in [6, 6.07) is 0. The minimum atomic E-state index is -2.00. The van der Waals surface area contributed by atoms with Crippen LogP contribution < -0.4 is 0 Å². The fourth-order valence-corrected chi connectivity index (χ4v) is 17.1. The van der Waals surface area contributed by atoms with Crippen molar-refractivity contribution in [3.63, 3.8) is 0 Å². The van der Waals surface area contributed by atoms with Crippen LogP contribution in [0.4, 0.5) is 0 Å². The molecule has 11 N–H and O–H groups in total. The van der Waals surface area contributed by atoms with Crippen LogP contribution in [0.1, 0.15) is 141 Å². The smallest absolute Gasteiger partial charge is 0.337 e. The second kappa shape index (κ2) is 25.9. The Morgan fingerprint density at radius 2 is 1.31 bits per heavy atom. The largest absolute Gasteiger partial charge is 0.467 e. The zero-order valence-corrected chi connectivity index (χ0v) is 52.3. The van der Waals surface area contributed by atoms with Gasteiger partial charge in [0.25, 0.3) is 0 Å². The molecule has 5 aliphatic carbocycles. The normalized spacial score (nSPS) is 46.5. The van der Waals surface area contributed by atoms with Crippen LogP contribution in [0.25, 0.3) is 0 Å². The molecule has 3 heterocycles. The van der Waals surface area contributed by atoms with Crippen molar-refractivity contribution >= 4 is 17.9 Å². The number of aliphatic hydroxyl groups is 11. The molecule has 23 nitrogen and oxygen atoms in total. The Morgan fingerprint density at radius 3 is 1.90 bits per heavy atom. The molecule has 27 unspecified atom stereocenters. The Hall–Kier alpha value is -3.05. The molecule has 23 heteroatoms. The van der Waals surface area contributed by atoms with E-state index in [1.165, 1.54) is 6.08 Å². The van der Waals surface area contributed by atoms with Crippen molar-refractivity contribution in [1.29, 1.82) is 0 Å². The van der Waals surface area contributed by atoms with Crippen molar-refractivity contribution in [2.24, 2.45) is 56.2 Å². The molecular weight excluding hydrogens is 1120 g/mol. The van der Waals surface area contributed by atoms with E-state index in [4.69, 9.17) is 42.6 Å². The van der Waals surface area contributed by atoms with E-state index in [1.54, 1.807) is 6.92 Å². The highest BCUT2D eigenvalue weighted by atomic mass is 16.8. The molecule has 7 fully saturated rings. The van der Waals surface area contributed by atoms with Crippen LogP contribution in [0, 0.1) is 56.2 Å². The van der Waals surface area contributed by atoms with Crippen molar-refractivity contribution in [2.45, 2.75) is 257 Å². The van der Waals surface area contributed by atoms with Gasteiger partial charge in [-0.25, -0.2) is 9.59 Å². The van der Waals surface area contributed by atoms with Gasteiger partial charge in [-0.2, -0.15) is 0 Å². The molecule has 3 saturated heterocycles. The van der Waals surface area contributed by atoms with Gasteiger partial charge < -0.3 is 98.8 Å². The summed E-state index contributed by atoms with van der Waals surface area (Å²) in [6.07, 6.45) is -20.7. The quantitative estimate of drug-likeness (QED) is 0.0308. The molecule has 3 aliphatic heterocycles. The summed E-state index contributed by atoms with van der Waals surface area (Å²) in [6.45, 7) is 21.6. The fourth-order valence-electron chi connectivity index (χ4n) is 17.1. The van der Waals surface area contributed by atoms with Crippen LogP contribution >= 0.6 is 0 Å². The Kier molecular flexibility index (Phi) is 20.7. The lowest BCUT2D eigenvalue weighted by Gasteiger charge is -2.73. The van der Waals surface area contributed by atoms with Gasteiger partial charge in [0.05, 0.1) is 56.6 Å². The molecule has 86 heavy (non-hydrogen) atoms. The number of hydrogen-bond acceptors (Lipinski definition) is 23. The molecule has 0 aromatic heterocycles. The SMILES string of the molecule is CCC(C)C(=O)OC1C(OC(=O)C=C(C)CCC=C(C)C)C(C)(C)CC2C3=CCC4C5(C)CCC(OC6OC(C(=O)OC)C(O)C(OC7OC(CO)C(O)C7O)C6OC6OC(CO)C(O)C(O)C6O)C(C)(C)C5CCC4(C)C3(C)C(O)C(O)C21CO. The first kappa shape index (κ1) is 68.9. The summed E-state index contributed by atoms with van der Waals surface area (Å²) >= 11 is 0. The summed E-state index contributed by atoms with van der Waals surface area (Å²) in [5.41, 5.74) is -2.91. The Morgan fingerprint density at radius 1 is 0.709 bits per heavy atom. The van der Waals surface area contributed by atoms with Crippen LogP contribution in [0.5, 0.6) is 0 Å². The van der Waals surface area contributed by atoms with Gasteiger partial charge in [0, 0.05) is 16.9 Å². The van der Waals surface area contributed by atoms with E-state index in [-0.39, 0.29) is 11.8 Å². The number of aliphatic hydroxyl groups excluding tert-OH is 11. The van der Waals surface area contributed by atoms with Gasteiger partial charge in [-0.1, -0.05) is 91.2 Å². The first-order chi connectivity index (χ1) is 40.2. The molecular formula is C63H100O23. The lowest BCUT2D eigenvalue weighted by Crippen LogP contribution is -2.76. The maximum absolute atomic E-state index is 14.1. The van der Waals surface area contributed by atoms with Crippen LogP contribution in [0.2, 0.25) is 0 Å². The molecule has 0 spiro atoms. The summed E-state index contributed by atoms with van der Waals surface area (Å²) < 4.78 is 55.1. The average molecular weight is 1230 g/mol. The van der Waals surface area contributed by atoms with Crippen molar-refractivity contribution in [1.82, 2.24) is 0 Å². The molecule has 0 aromatic carbocycles. The number of esters is 3. The van der Waals surface area contributed by atoms with Crippen LogP contribution in [-0.4, -0.2) is 218 Å². The van der Waals surface area contributed by atoms with Crippen LogP contribution in [-0.2, 0) is 57.0 Å². The molecule has 8 rings (SSSR count). The highest BCUT2D eigenvalue weighted by molar-refractivity contribution is 5.83. The maximum atomic E-state index is 14.1. The third-order valence-electron chi connectivity index (χ3n) is 22.5. The molecule has 27 atom stereocenters. The topological polar surface area (TPSA) is 357 Å². The number of hydrogen-bond donors (Lipinski definition) is 11. The lowest BCUT2D eigenvalue weighted by molar-refractivity contribution is -0.386. The van der Waals surface area contributed by atoms with E-state index in [0.29, 0.717) is 51.4 Å². The van der Waals surface area contributed by atoms with Crippen molar-refractivity contribution < 1.29 is 113 Å². The van der Waals surface area contributed by atoms with Gasteiger partial charge in [0.15, 0.2) is 31.1 Å². The summed E-state index contributed by atoms with van der Waals surface area (Å²) in [5.74, 6) is -3.79. The minimum absolute atomic E-state index is 0.132. The highest BCUT2D eigenvalue weighted by Gasteiger charge is 2.76. The van der Waals surface area contributed by atoms with E-state index >= 15 is 0 Å². The van der Waals surface area contributed by atoms with Gasteiger partial charge in [-0.3, -0.25) is 4.79 Å². The molecule has 0 radical (unpaired) electrons. The Labute approximate surface area is 504 Å². The van der Waals surface area contributed by atoms with Gasteiger partial charge in [-0.05, 0) is 113 Å². The zero-order chi connectivity index (χ0) is 63.7. The van der Waals surface area contributed by atoms with Gasteiger partial charge in [-0.15, -0.1) is 0 Å². The van der Waals surface area contributed by atoms with E-state index in [1.807, 2.05) is 48.5 Å². The van der Waals surface area contributed by atoms with E-state index < -0.39 is 199 Å². The van der Waals surface area contributed by atoms with Crippen molar-refractivity contribution in [3.8, 4) is 0 Å². The first-order valence-electron chi connectivity index (χ1n) is 30.9. The number of rotatable bonds is 18. The first-order valence-corrected chi connectivity index (χ1v) is 30.9. The number of ether oxygens (including phenoxy) is 9. The third-order valence-corrected chi connectivity index (χ3v) is 22.5. The van der Waals surface area contributed by atoms with E-state index in [0.717, 1.165) is 30.2 Å². The molecule has 4 saturated carbocycles. The predicted octanol–water partition coefficient (Wildman–Crippen LogP) is 2.16. The second-order valence-electron chi connectivity index (χ2n) is 28.4. The minimum Gasteiger partial charge on any atom is -0.467 e.